The SMILES string of the molecule is COCCN(CCC#N)c1nccn2cnnc12. The number of methoxy groups -OCH3 is 1. The molecule has 0 amide bonds. The van der Waals surface area contributed by atoms with Crippen LogP contribution in [0.4, 0.5) is 5.82 Å². The zero-order chi connectivity index (χ0) is 12.8. The Balaban J connectivity index is 2.28. The van der Waals surface area contributed by atoms with E-state index >= 15 is 0 Å². The predicted octanol–water partition coefficient (Wildman–Crippen LogP) is 0.491. The number of nitriles is 1. The maximum atomic E-state index is 8.70. The van der Waals surface area contributed by atoms with Crippen LogP contribution in [0.15, 0.2) is 18.7 Å². The fourth-order valence-electron chi connectivity index (χ4n) is 1.68. The number of nitrogens with zero attached hydrogens (tertiary/aromatic N) is 6. The minimum atomic E-state index is 0.431. The van der Waals surface area contributed by atoms with Gasteiger partial charge in [0.2, 0.25) is 5.65 Å². The normalized spacial score (nSPS) is 10.4. The van der Waals surface area contributed by atoms with Crippen molar-refractivity contribution in [1.29, 1.82) is 5.26 Å². The van der Waals surface area contributed by atoms with Gasteiger partial charge in [0, 0.05) is 32.6 Å². The lowest BCUT2D eigenvalue weighted by atomic mass is 10.4. The average Bonchev–Trinajstić information content (AvgIpc) is 2.87. The van der Waals surface area contributed by atoms with Gasteiger partial charge in [-0.25, -0.2) is 4.98 Å². The molecule has 2 aromatic heterocycles. The number of ether oxygens (including phenoxy) is 1. The molecule has 0 saturated carbocycles. The number of anilines is 1. The third-order valence-corrected chi connectivity index (χ3v) is 2.56. The molecule has 0 fully saturated rings. The van der Waals surface area contributed by atoms with Crippen molar-refractivity contribution < 1.29 is 4.74 Å². The first-order valence-electron chi connectivity index (χ1n) is 5.62. The van der Waals surface area contributed by atoms with Crippen LogP contribution in [0.1, 0.15) is 6.42 Å². The lowest BCUT2D eigenvalue weighted by molar-refractivity contribution is 0.205. The predicted molar refractivity (Wildman–Crippen MR) is 65.1 cm³/mol. The third kappa shape index (κ3) is 2.55. The minimum Gasteiger partial charge on any atom is -0.383 e. The lowest BCUT2D eigenvalue weighted by Crippen LogP contribution is -2.29. The molecule has 18 heavy (non-hydrogen) atoms. The van der Waals surface area contributed by atoms with Crippen LogP contribution in [0.25, 0.3) is 5.65 Å². The first-order chi connectivity index (χ1) is 8.86. The van der Waals surface area contributed by atoms with Gasteiger partial charge < -0.3 is 9.64 Å². The van der Waals surface area contributed by atoms with Gasteiger partial charge in [0.15, 0.2) is 5.82 Å². The summed E-state index contributed by atoms with van der Waals surface area (Å²) in [5.74, 6) is 0.724. The van der Waals surface area contributed by atoms with Gasteiger partial charge in [-0.05, 0) is 0 Å². The van der Waals surface area contributed by atoms with Gasteiger partial charge in [-0.1, -0.05) is 0 Å². The standard InChI is InChI=1S/C11H14N6O/c1-18-8-7-16(5-2-3-12)10-11-15-14-9-17(11)6-4-13-10/h4,6,9H,2,5,7-8H2,1H3. The van der Waals surface area contributed by atoms with Crippen LogP contribution in [0, 0.1) is 11.3 Å². The van der Waals surface area contributed by atoms with Crippen molar-refractivity contribution in [3.8, 4) is 6.07 Å². The molecule has 0 atom stereocenters. The lowest BCUT2D eigenvalue weighted by Gasteiger charge is -2.22. The molecule has 7 nitrogen and oxygen atoms in total. The Morgan fingerprint density at radius 3 is 3.17 bits per heavy atom. The number of hydrogen-bond acceptors (Lipinski definition) is 6. The summed E-state index contributed by atoms with van der Waals surface area (Å²) in [4.78, 5) is 6.31. The highest BCUT2D eigenvalue weighted by atomic mass is 16.5. The Morgan fingerprint density at radius 1 is 1.50 bits per heavy atom. The van der Waals surface area contributed by atoms with E-state index in [0.29, 0.717) is 31.8 Å². The van der Waals surface area contributed by atoms with Crippen LogP contribution >= 0.6 is 0 Å². The maximum Gasteiger partial charge on any atom is 0.203 e. The highest BCUT2D eigenvalue weighted by molar-refractivity contribution is 5.63. The molecular formula is C11H14N6O. The van der Waals surface area contributed by atoms with Crippen molar-refractivity contribution >= 4 is 11.5 Å². The summed E-state index contributed by atoms with van der Waals surface area (Å²) in [5.41, 5.74) is 0.687. The van der Waals surface area contributed by atoms with E-state index in [-0.39, 0.29) is 0 Å². The Bertz CT molecular complexity index is 546. The van der Waals surface area contributed by atoms with Crippen LogP contribution < -0.4 is 4.90 Å². The molecule has 2 heterocycles. The second-order valence-corrected chi connectivity index (χ2v) is 3.70. The maximum absolute atomic E-state index is 8.70. The van der Waals surface area contributed by atoms with E-state index in [1.807, 2.05) is 4.90 Å². The van der Waals surface area contributed by atoms with Crippen molar-refractivity contribution in [2.24, 2.45) is 0 Å². The van der Waals surface area contributed by atoms with E-state index in [0.717, 1.165) is 5.82 Å². The van der Waals surface area contributed by atoms with Gasteiger partial charge in [-0.3, -0.25) is 4.40 Å². The van der Waals surface area contributed by atoms with Crippen LogP contribution in [-0.4, -0.2) is 46.4 Å². The first kappa shape index (κ1) is 12.3. The number of aromatic nitrogens is 4. The highest BCUT2D eigenvalue weighted by Crippen LogP contribution is 2.15. The average molecular weight is 246 g/mol. The number of rotatable bonds is 6. The van der Waals surface area contributed by atoms with Crippen molar-refractivity contribution in [1.82, 2.24) is 19.6 Å². The molecule has 0 saturated heterocycles. The summed E-state index contributed by atoms with van der Waals surface area (Å²) in [5, 5.41) is 16.6. The van der Waals surface area contributed by atoms with Crippen molar-refractivity contribution in [3.05, 3.63) is 18.7 Å². The van der Waals surface area contributed by atoms with Gasteiger partial charge in [0.25, 0.3) is 0 Å². The summed E-state index contributed by atoms with van der Waals surface area (Å²) >= 11 is 0. The molecule has 0 N–H and O–H groups in total. The quantitative estimate of drug-likeness (QED) is 0.738. The van der Waals surface area contributed by atoms with E-state index in [4.69, 9.17) is 10.00 Å². The van der Waals surface area contributed by atoms with Crippen molar-refractivity contribution in [2.45, 2.75) is 6.42 Å². The summed E-state index contributed by atoms with van der Waals surface area (Å²) < 4.78 is 6.87. The molecule has 0 aromatic carbocycles. The molecule has 94 valence electrons. The molecule has 0 unspecified atom stereocenters. The Labute approximate surface area is 105 Å². The largest absolute Gasteiger partial charge is 0.383 e. The smallest absolute Gasteiger partial charge is 0.203 e. The van der Waals surface area contributed by atoms with E-state index in [1.54, 1.807) is 30.2 Å². The topological polar surface area (TPSA) is 79.3 Å². The second-order valence-electron chi connectivity index (χ2n) is 3.70. The van der Waals surface area contributed by atoms with Gasteiger partial charge in [0.05, 0.1) is 19.1 Å². The molecule has 0 aliphatic rings. The van der Waals surface area contributed by atoms with E-state index in [9.17, 15) is 0 Å². The third-order valence-electron chi connectivity index (χ3n) is 2.56. The zero-order valence-corrected chi connectivity index (χ0v) is 10.2. The summed E-state index contributed by atoms with van der Waals surface area (Å²) in [6.45, 7) is 1.83. The van der Waals surface area contributed by atoms with Crippen LogP contribution in [0.3, 0.4) is 0 Å². The molecular weight excluding hydrogens is 232 g/mol. The summed E-state index contributed by atoms with van der Waals surface area (Å²) in [6, 6.07) is 2.13. The molecule has 0 spiro atoms. The fraction of sp³-hybridized carbons (Fsp3) is 0.455. The minimum absolute atomic E-state index is 0.431. The van der Waals surface area contributed by atoms with Gasteiger partial charge in [-0.2, -0.15) is 5.26 Å². The molecule has 0 aliphatic carbocycles. The molecule has 2 aromatic rings. The zero-order valence-electron chi connectivity index (χ0n) is 10.2. The van der Waals surface area contributed by atoms with Gasteiger partial charge in [-0.15, -0.1) is 10.2 Å². The monoisotopic (exact) mass is 246 g/mol. The van der Waals surface area contributed by atoms with E-state index in [2.05, 4.69) is 21.3 Å². The highest BCUT2D eigenvalue weighted by Gasteiger charge is 2.13. The van der Waals surface area contributed by atoms with E-state index < -0.39 is 0 Å². The van der Waals surface area contributed by atoms with Crippen LogP contribution in [-0.2, 0) is 4.74 Å². The fourth-order valence-corrected chi connectivity index (χ4v) is 1.68. The van der Waals surface area contributed by atoms with Crippen LogP contribution in [0.5, 0.6) is 0 Å². The number of fused-ring (bicyclic) bond motifs is 1. The molecule has 0 aliphatic heterocycles. The van der Waals surface area contributed by atoms with Gasteiger partial charge in [0.1, 0.15) is 6.33 Å². The van der Waals surface area contributed by atoms with Crippen molar-refractivity contribution in [2.75, 3.05) is 31.7 Å². The number of hydrogen-bond donors (Lipinski definition) is 0. The second kappa shape index (κ2) is 5.93. The first-order valence-corrected chi connectivity index (χ1v) is 5.62. The Hall–Kier alpha value is -2.20. The van der Waals surface area contributed by atoms with Crippen LogP contribution in [0.2, 0.25) is 0 Å². The molecule has 2 rings (SSSR count). The Kier molecular flexibility index (Phi) is 4.04. The molecule has 0 radical (unpaired) electrons. The Morgan fingerprint density at radius 2 is 2.39 bits per heavy atom. The molecule has 0 bridgehead atoms. The van der Waals surface area contributed by atoms with Gasteiger partial charge >= 0.3 is 0 Å². The van der Waals surface area contributed by atoms with Crippen molar-refractivity contribution in [3.63, 3.8) is 0 Å². The molecule has 7 heteroatoms. The summed E-state index contributed by atoms with van der Waals surface area (Å²) in [6.07, 6.45) is 5.54. The van der Waals surface area contributed by atoms with E-state index in [1.165, 1.54) is 0 Å². The summed E-state index contributed by atoms with van der Waals surface area (Å²) in [7, 11) is 1.65.